The minimum absolute atomic E-state index is 0. The molecule has 2 aromatic rings. The number of aryl methyl sites for hydroxylation is 2. The molecule has 0 saturated carbocycles. The van der Waals surface area contributed by atoms with Crippen LogP contribution >= 0.6 is 0 Å². The van der Waals surface area contributed by atoms with Crippen molar-refractivity contribution in [2.75, 3.05) is 5.32 Å². The largest absolute Gasteiger partial charge is 0.364 e. The van der Waals surface area contributed by atoms with Crippen LogP contribution in [0.25, 0.3) is 5.70 Å². The van der Waals surface area contributed by atoms with E-state index in [-0.39, 0.29) is 13.2 Å². The number of aromatic amines is 1. The summed E-state index contributed by atoms with van der Waals surface area (Å²) in [5.74, 6) is 0.230. The summed E-state index contributed by atoms with van der Waals surface area (Å²) in [6, 6.07) is 8.32. The Hall–Kier alpha value is -2.29. The lowest BCUT2D eigenvalue weighted by Gasteiger charge is -2.11. The summed E-state index contributed by atoms with van der Waals surface area (Å²) >= 11 is 0. The second-order valence-electron chi connectivity index (χ2n) is 5.84. The highest BCUT2D eigenvalue weighted by Crippen LogP contribution is 2.28. The number of hydrogen-bond donors (Lipinski definition) is 2. The third-order valence-electron chi connectivity index (χ3n) is 4.30. The molecule has 0 atom stereocenters. The van der Waals surface area contributed by atoms with E-state index in [2.05, 4.69) is 48.1 Å². The molecule has 0 unspecified atom stereocenters. The molecule has 1 aromatic carbocycles. The van der Waals surface area contributed by atoms with Crippen molar-refractivity contribution in [3.63, 3.8) is 0 Å². The number of H-pyrrole nitrogens is 1. The Morgan fingerprint density at radius 1 is 1.16 bits per heavy atom. The average Bonchev–Trinajstić information content (AvgIpc) is 2.97. The molecule has 1 aromatic heterocycles. The molecular weight excluding hydrogens is 308 g/mol. The summed E-state index contributed by atoms with van der Waals surface area (Å²) in [6.07, 6.45) is 6.55. The fourth-order valence-corrected chi connectivity index (χ4v) is 3.00. The Kier molecular flexibility index (Phi) is 8.20. The van der Waals surface area contributed by atoms with Crippen molar-refractivity contribution in [2.45, 2.75) is 60.3 Å². The Bertz CT molecular complexity index is 695. The predicted octanol–water partition coefficient (Wildman–Crippen LogP) is 6.23. The number of carbonyl (C=O) groups is 1. The average molecular weight is 341 g/mol. The van der Waals surface area contributed by atoms with Gasteiger partial charge in [-0.2, -0.15) is 0 Å². The van der Waals surface area contributed by atoms with Crippen LogP contribution in [-0.2, 0) is 12.8 Å². The SMILES string of the molecule is C.C=C(Nc1ccc(CC)cc1)c1c[nH]c2c1C(=O)CCCC2.CC. The molecule has 1 aliphatic rings. The minimum atomic E-state index is 0. The highest BCUT2D eigenvalue weighted by atomic mass is 16.1. The van der Waals surface area contributed by atoms with Gasteiger partial charge in [0.25, 0.3) is 0 Å². The van der Waals surface area contributed by atoms with Gasteiger partial charge in [0.1, 0.15) is 0 Å². The van der Waals surface area contributed by atoms with Crippen LogP contribution < -0.4 is 5.32 Å². The molecule has 2 N–H and O–H groups in total. The van der Waals surface area contributed by atoms with Crippen molar-refractivity contribution in [2.24, 2.45) is 0 Å². The van der Waals surface area contributed by atoms with Crippen molar-refractivity contribution in [1.82, 2.24) is 4.98 Å². The Morgan fingerprint density at radius 3 is 2.44 bits per heavy atom. The number of rotatable bonds is 4. The van der Waals surface area contributed by atoms with E-state index < -0.39 is 0 Å². The second-order valence-corrected chi connectivity index (χ2v) is 5.84. The van der Waals surface area contributed by atoms with Gasteiger partial charge in [-0.25, -0.2) is 0 Å². The Balaban J connectivity index is 0.00000101. The van der Waals surface area contributed by atoms with Gasteiger partial charge in [0.2, 0.25) is 0 Å². The number of fused-ring (bicyclic) bond motifs is 1. The van der Waals surface area contributed by atoms with Gasteiger partial charge in [0, 0.05) is 40.8 Å². The number of aromatic nitrogens is 1. The molecule has 136 valence electrons. The lowest BCUT2D eigenvalue weighted by molar-refractivity contribution is 0.0982. The van der Waals surface area contributed by atoms with Crippen LogP contribution in [0.1, 0.15) is 74.6 Å². The van der Waals surface area contributed by atoms with Crippen molar-refractivity contribution in [1.29, 1.82) is 0 Å². The zero-order chi connectivity index (χ0) is 17.5. The van der Waals surface area contributed by atoms with E-state index in [9.17, 15) is 4.79 Å². The molecule has 0 fully saturated rings. The van der Waals surface area contributed by atoms with Gasteiger partial charge >= 0.3 is 0 Å². The van der Waals surface area contributed by atoms with E-state index in [4.69, 9.17) is 0 Å². The van der Waals surface area contributed by atoms with Crippen molar-refractivity contribution in [3.05, 3.63) is 59.4 Å². The molecule has 3 nitrogen and oxygen atoms in total. The van der Waals surface area contributed by atoms with E-state index in [1.54, 1.807) is 0 Å². The van der Waals surface area contributed by atoms with Gasteiger partial charge in [0.15, 0.2) is 5.78 Å². The highest BCUT2D eigenvalue weighted by Gasteiger charge is 2.22. The summed E-state index contributed by atoms with van der Waals surface area (Å²) in [5, 5.41) is 3.32. The lowest BCUT2D eigenvalue weighted by Crippen LogP contribution is -2.05. The molecule has 0 spiro atoms. The first kappa shape index (κ1) is 20.8. The number of carbonyl (C=O) groups excluding carboxylic acids is 1. The van der Waals surface area contributed by atoms with E-state index in [1.165, 1.54) is 5.56 Å². The highest BCUT2D eigenvalue weighted by molar-refractivity contribution is 6.02. The molecule has 3 heteroatoms. The first-order valence-electron chi connectivity index (χ1n) is 8.97. The van der Waals surface area contributed by atoms with Gasteiger partial charge in [-0.15, -0.1) is 0 Å². The summed E-state index contributed by atoms with van der Waals surface area (Å²) < 4.78 is 0. The van der Waals surface area contributed by atoms with E-state index >= 15 is 0 Å². The maximum absolute atomic E-state index is 12.3. The van der Waals surface area contributed by atoms with Crippen molar-refractivity contribution in [3.8, 4) is 0 Å². The van der Waals surface area contributed by atoms with Crippen LogP contribution in [0.2, 0.25) is 0 Å². The smallest absolute Gasteiger partial charge is 0.165 e. The van der Waals surface area contributed by atoms with Crippen LogP contribution in [0.5, 0.6) is 0 Å². The monoisotopic (exact) mass is 340 g/mol. The number of anilines is 1. The maximum atomic E-state index is 12.3. The summed E-state index contributed by atoms with van der Waals surface area (Å²) in [7, 11) is 0. The Labute approximate surface area is 152 Å². The third kappa shape index (κ3) is 4.85. The van der Waals surface area contributed by atoms with Crippen molar-refractivity contribution < 1.29 is 4.79 Å². The van der Waals surface area contributed by atoms with Gasteiger partial charge in [-0.3, -0.25) is 4.79 Å². The molecule has 1 aliphatic carbocycles. The normalized spacial score (nSPS) is 12.8. The summed E-state index contributed by atoms with van der Waals surface area (Å²) in [6.45, 7) is 10.3. The zero-order valence-electron chi connectivity index (χ0n) is 15.0. The molecule has 0 amide bonds. The predicted molar refractivity (Wildman–Crippen MR) is 109 cm³/mol. The van der Waals surface area contributed by atoms with Crippen LogP contribution in [0.4, 0.5) is 5.69 Å². The van der Waals surface area contributed by atoms with Gasteiger partial charge in [-0.1, -0.05) is 46.9 Å². The zero-order valence-corrected chi connectivity index (χ0v) is 15.0. The minimum Gasteiger partial charge on any atom is -0.364 e. The first-order chi connectivity index (χ1) is 11.7. The third-order valence-corrected chi connectivity index (χ3v) is 4.30. The van der Waals surface area contributed by atoms with E-state index in [0.29, 0.717) is 6.42 Å². The molecule has 0 aliphatic heterocycles. The van der Waals surface area contributed by atoms with Gasteiger partial charge in [-0.05, 0) is 43.4 Å². The number of hydrogen-bond acceptors (Lipinski definition) is 2. The molecule has 0 saturated heterocycles. The Morgan fingerprint density at radius 2 is 1.80 bits per heavy atom. The standard InChI is InChI=1S/C19H22N2O.C2H6.CH4/c1-3-14-8-10-15(11-9-14)21-13(2)16-12-20-17-6-4-5-7-18(22)19(16)17;1-2;/h8-12,20-21H,2-7H2,1H3;1-2H3;1H4. The van der Waals surface area contributed by atoms with E-state index in [1.807, 2.05) is 20.0 Å². The van der Waals surface area contributed by atoms with Gasteiger partial charge in [0.05, 0.1) is 0 Å². The second kappa shape index (κ2) is 9.87. The first-order valence-corrected chi connectivity index (χ1v) is 8.97. The number of nitrogens with one attached hydrogen (secondary N) is 2. The van der Waals surface area contributed by atoms with Crippen LogP contribution in [0.15, 0.2) is 37.0 Å². The number of ketones is 1. The molecule has 3 rings (SSSR count). The number of Topliss-reactive ketones (excluding diaryl/α,β-unsaturated/α-hetero) is 1. The van der Waals surface area contributed by atoms with Crippen molar-refractivity contribution >= 4 is 17.2 Å². The van der Waals surface area contributed by atoms with Crippen LogP contribution in [-0.4, -0.2) is 10.8 Å². The summed E-state index contributed by atoms with van der Waals surface area (Å²) in [4.78, 5) is 15.6. The fourth-order valence-electron chi connectivity index (χ4n) is 3.00. The maximum Gasteiger partial charge on any atom is 0.165 e. The molecular formula is C22H32N2O. The number of benzene rings is 1. The van der Waals surface area contributed by atoms with Crippen LogP contribution in [0, 0.1) is 0 Å². The molecule has 0 radical (unpaired) electrons. The molecule has 0 bridgehead atoms. The summed E-state index contributed by atoms with van der Waals surface area (Å²) in [5.41, 5.74) is 5.88. The van der Waals surface area contributed by atoms with E-state index in [0.717, 1.165) is 53.9 Å². The van der Waals surface area contributed by atoms with Crippen LogP contribution in [0.3, 0.4) is 0 Å². The lowest BCUT2D eigenvalue weighted by atomic mass is 10.0. The quantitative estimate of drug-likeness (QED) is 0.648. The topological polar surface area (TPSA) is 44.9 Å². The molecule has 25 heavy (non-hydrogen) atoms. The van der Waals surface area contributed by atoms with Gasteiger partial charge < -0.3 is 10.3 Å². The molecule has 1 heterocycles. The fraction of sp³-hybridized carbons (Fsp3) is 0.409.